The van der Waals surface area contributed by atoms with Crippen LogP contribution in [0.3, 0.4) is 0 Å². The molecule has 2 aliphatic rings. The predicted molar refractivity (Wildman–Crippen MR) is 50.8 cm³/mol. The minimum absolute atomic E-state index is 1.15. The Bertz CT molecular complexity index is 256. The number of hydrogen-bond donors (Lipinski definition) is 0. The van der Waals surface area contributed by atoms with Gasteiger partial charge in [0.1, 0.15) is 6.79 Å². The zero-order valence-corrected chi connectivity index (χ0v) is 8.37. The fourth-order valence-electron chi connectivity index (χ4n) is 1.08. The summed E-state index contributed by atoms with van der Waals surface area (Å²) in [5, 5.41) is 0. The van der Waals surface area contributed by atoms with Crippen molar-refractivity contribution in [3.8, 4) is 0 Å². The quantitative estimate of drug-likeness (QED) is 0.697. The molecule has 0 atom stereocenters. The van der Waals surface area contributed by atoms with Gasteiger partial charge in [0.25, 0.3) is 0 Å². The Balaban J connectivity index is 0.000000396. The first kappa shape index (κ1) is 10.2. The molecular formula is C11H12CoO. The molecule has 0 aromatic carbocycles. The van der Waals surface area contributed by atoms with Gasteiger partial charge in [-0.3, -0.25) is 0 Å². The minimum atomic E-state index is 1.15. The molecule has 1 nitrogen and oxygen atoms in total. The summed E-state index contributed by atoms with van der Waals surface area (Å²) in [4.78, 5) is 8.00. The molecule has 0 amide bonds. The van der Waals surface area contributed by atoms with Crippen molar-refractivity contribution in [2.75, 3.05) is 0 Å². The Morgan fingerprint density at radius 1 is 1.00 bits per heavy atom. The van der Waals surface area contributed by atoms with Crippen molar-refractivity contribution in [3.63, 3.8) is 0 Å². The normalized spacial score (nSPS) is 18.2. The van der Waals surface area contributed by atoms with E-state index in [1.165, 1.54) is 23.7 Å². The van der Waals surface area contributed by atoms with Crippen molar-refractivity contribution in [1.29, 1.82) is 0 Å². The molecule has 0 N–H and O–H groups in total. The summed E-state index contributed by atoms with van der Waals surface area (Å²) in [7, 11) is 0. The summed E-state index contributed by atoms with van der Waals surface area (Å²) in [5.74, 6) is 0. The van der Waals surface area contributed by atoms with E-state index in [0.717, 1.165) is 12.8 Å². The third-order valence-corrected chi connectivity index (χ3v) is 3.07. The maximum atomic E-state index is 8.00. The smallest absolute Gasteiger partial charge is 0.106 e. The molecule has 2 heteroatoms. The molecule has 0 heterocycles. The average molecular weight is 219 g/mol. The van der Waals surface area contributed by atoms with E-state index in [1.54, 1.807) is 0 Å². The van der Waals surface area contributed by atoms with Crippen LogP contribution in [0.2, 0.25) is 0 Å². The zero-order chi connectivity index (χ0) is 9.52. The second-order valence-corrected chi connectivity index (χ2v) is 4.12. The van der Waals surface area contributed by atoms with Gasteiger partial charge in [0.2, 0.25) is 0 Å². The van der Waals surface area contributed by atoms with Gasteiger partial charge in [0.15, 0.2) is 0 Å². The van der Waals surface area contributed by atoms with Crippen molar-refractivity contribution in [1.82, 2.24) is 0 Å². The van der Waals surface area contributed by atoms with Gasteiger partial charge in [0.05, 0.1) is 0 Å². The minimum Gasteiger partial charge on any atom is -0.307 e. The predicted octanol–water partition coefficient (Wildman–Crippen LogP) is 2.57. The molecule has 0 unspecified atom stereocenters. The van der Waals surface area contributed by atoms with Crippen LogP contribution < -0.4 is 0 Å². The van der Waals surface area contributed by atoms with Crippen LogP contribution in [-0.4, -0.2) is 6.79 Å². The number of carbonyl (C=O) groups excluding carboxylic acids is 1. The second-order valence-electron chi connectivity index (χ2n) is 2.52. The van der Waals surface area contributed by atoms with Gasteiger partial charge >= 0.3 is 73.0 Å². The van der Waals surface area contributed by atoms with Crippen LogP contribution in [0.5, 0.6) is 0 Å². The fourth-order valence-corrected chi connectivity index (χ4v) is 2.35. The van der Waals surface area contributed by atoms with Gasteiger partial charge in [-0.25, -0.2) is 0 Å². The van der Waals surface area contributed by atoms with Crippen molar-refractivity contribution < 1.29 is 19.5 Å². The first-order chi connectivity index (χ1) is 6.45. The standard InChI is InChI=1S/2C5H5.CH2O.Co/c2*1-2-4-5-3-1;1-2;/h2*1-3H,4H2;1H2;. The van der Waals surface area contributed by atoms with E-state index in [-0.39, 0.29) is 0 Å². The van der Waals surface area contributed by atoms with Crippen LogP contribution in [-0.2, 0) is 19.5 Å². The Labute approximate surface area is 84.9 Å². The van der Waals surface area contributed by atoms with E-state index in [1.807, 2.05) is 6.79 Å². The maximum Gasteiger partial charge on any atom is 0.106 e. The fraction of sp³-hybridized carbons (Fsp3) is 0.182. The molecule has 2 rings (SSSR count). The summed E-state index contributed by atoms with van der Waals surface area (Å²) < 4.78 is 3.05. The molecule has 71 valence electrons. The summed E-state index contributed by atoms with van der Waals surface area (Å²) in [6.07, 6.45) is 15.5. The molecule has 0 aromatic rings. The maximum absolute atomic E-state index is 8.00. The second kappa shape index (κ2) is 5.73. The summed E-state index contributed by atoms with van der Waals surface area (Å²) in [6, 6.07) is 0. The number of carbonyl (C=O) groups is 1. The number of allylic oxidation sites excluding steroid dienone is 8. The Hall–Kier alpha value is -0.864. The van der Waals surface area contributed by atoms with Gasteiger partial charge in [-0.05, 0) is 0 Å². The molecule has 13 heavy (non-hydrogen) atoms. The largest absolute Gasteiger partial charge is 0.307 e. The van der Waals surface area contributed by atoms with Gasteiger partial charge in [-0.1, -0.05) is 0 Å². The molecule has 0 fully saturated rings. The van der Waals surface area contributed by atoms with Crippen LogP contribution in [0.15, 0.2) is 45.5 Å². The third kappa shape index (κ3) is 3.17. The Kier molecular flexibility index (Phi) is 4.50. The van der Waals surface area contributed by atoms with E-state index in [0.29, 0.717) is 0 Å². The van der Waals surface area contributed by atoms with Crippen molar-refractivity contribution in [3.05, 3.63) is 45.5 Å². The molecule has 2 aliphatic carbocycles. The molecule has 0 spiro atoms. The Morgan fingerprint density at radius 2 is 1.46 bits per heavy atom. The van der Waals surface area contributed by atoms with Gasteiger partial charge < -0.3 is 4.79 Å². The summed E-state index contributed by atoms with van der Waals surface area (Å²) >= 11 is 1.45. The average Bonchev–Trinajstić information content (AvgIpc) is 2.81. The zero-order valence-electron chi connectivity index (χ0n) is 7.33. The van der Waals surface area contributed by atoms with Crippen LogP contribution in [0.25, 0.3) is 0 Å². The van der Waals surface area contributed by atoms with Crippen molar-refractivity contribution in [2.45, 2.75) is 12.8 Å². The summed E-state index contributed by atoms with van der Waals surface area (Å²) in [6.45, 7) is 2.00. The van der Waals surface area contributed by atoms with Crippen molar-refractivity contribution >= 4 is 6.79 Å². The first-order valence-electron chi connectivity index (χ1n) is 4.06. The van der Waals surface area contributed by atoms with Crippen LogP contribution >= 0.6 is 0 Å². The SMILES string of the molecule is C1=CC[C]([Co][C]2=CC=CC2)=C1.C=O. The number of hydrogen-bond acceptors (Lipinski definition) is 1. The van der Waals surface area contributed by atoms with Crippen LogP contribution in [0, 0.1) is 0 Å². The monoisotopic (exact) mass is 219 g/mol. The molecule has 0 aliphatic heterocycles. The van der Waals surface area contributed by atoms with Gasteiger partial charge in [0, 0.05) is 0 Å². The van der Waals surface area contributed by atoms with E-state index < -0.39 is 0 Å². The molecule has 0 radical (unpaired) electrons. The first-order valence-corrected chi connectivity index (χ1v) is 5.10. The summed E-state index contributed by atoms with van der Waals surface area (Å²) in [5.41, 5.74) is 0. The van der Waals surface area contributed by atoms with Crippen LogP contribution in [0.4, 0.5) is 0 Å². The van der Waals surface area contributed by atoms with Gasteiger partial charge in [-0.15, -0.1) is 0 Å². The van der Waals surface area contributed by atoms with Gasteiger partial charge in [-0.2, -0.15) is 0 Å². The van der Waals surface area contributed by atoms with E-state index in [2.05, 4.69) is 36.5 Å². The molecule has 0 saturated heterocycles. The molecule has 0 aromatic heterocycles. The Morgan fingerprint density at radius 3 is 1.77 bits per heavy atom. The number of rotatable bonds is 2. The van der Waals surface area contributed by atoms with E-state index in [9.17, 15) is 0 Å². The molecule has 0 bridgehead atoms. The molecule has 0 saturated carbocycles. The van der Waals surface area contributed by atoms with E-state index in [4.69, 9.17) is 4.79 Å². The molecular weight excluding hydrogens is 207 g/mol. The van der Waals surface area contributed by atoms with E-state index >= 15 is 0 Å². The topological polar surface area (TPSA) is 17.1 Å². The van der Waals surface area contributed by atoms with Crippen molar-refractivity contribution in [2.24, 2.45) is 0 Å². The van der Waals surface area contributed by atoms with Crippen LogP contribution in [0.1, 0.15) is 12.8 Å². The third-order valence-electron chi connectivity index (χ3n) is 1.63.